The van der Waals surface area contributed by atoms with Gasteiger partial charge < -0.3 is 5.73 Å². The van der Waals surface area contributed by atoms with Crippen LogP contribution in [0.2, 0.25) is 0 Å². The summed E-state index contributed by atoms with van der Waals surface area (Å²) in [5.41, 5.74) is 7.15. The van der Waals surface area contributed by atoms with Gasteiger partial charge in [0, 0.05) is 10.1 Å². The molecule has 1 aromatic carbocycles. The molecule has 0 bridgehead atoms. The maximum atomic E-state index is 13.8. The maximum Gasteiger partial charge on any atom is 0.221 e. The Bertz CT molecular complexity index is 772. The molecule has 3 aromatic rings. The first-order valence-electron chi connectivity index (χ1n) is 5.66. The monoisotopic (exact) mass is 274 g/mol. The first kappa shape index (κ1) is 11.9. The molecule has 0 saturated carbocycles. The highest BCUT2D eigenvalue weighted by Crippen LogP contribution is 2.24. The summed E-state index contributed by atoms with van der Waals surface area (Å²) in [6.07, 6.45) is 3.28. The lowest BCUT2D eigenvalue weighted by Gasteiger charge is -1.98. The molecule has 19 heavy (non-hydrogen) atoms. The Kier molecular flexibility index (Phi) is 2.79. The molecule has 0 radical (unpaired) electrons. The molecule has 0 atom stereocenters. The van der Waals surface area contributed by atoms with Crippen LogP contribution in [0.3, 0.4) is 0 Å². The molecule has 0 saturated heterocycles. The highest BCUT2D eigenvalue weighted by molar-refractivity contribution is 7.17. The molecule has 4 nitrogen and oxygen atoms in total. The Labute approximate surface area is 113 Å². The van der Waals surface area contributed by atoms with Crippen molar-refractivity contribution in [3.05, 3.63) is 46.9 Å². The zero-order chi connectivity index (χ0) is 13.4. The van der Waals surface area contributed by atoms with E-state index in [1.165, 1.54) is 22.1 Å². The number of nitrogens with two attached hydrogens (primary N) is 1. The van der Waals surface area contributed by atoms with E-state index in [1.54, 1.807) is 18.5 Å². The quantitative estimate of drug-likeness (QED) is 0.730. The predicted octanol–water partition coefficient (Wildman–Crippen LogP) is 3.01. The van der Waals surface area contributed by atoms with Gasteiger partial charge in [-0.05, 0) is 36.1 Å². The third-order valence-corrected chi connectivity index (χ3v) is 3.57. The summed E-state index contributed by atoms with van der Waals surface area (Å²) in [5.74, 6) is 0.0707. The second-order valence-corrected chi connectivity index (χ2v) is 5.11. The Morgan fingerprint density at radius 1 is 1.47 bits per heavy atom. The molecular weight excluding hydrogens is 263 g/mol. The standard InChI is InChI=1S/C13H11FN4S/c1-8-7-18(13(15)17-8)16-6-9-4-11(14)10-2-3-19-12(10)5-9/h2-7H,1H3,(H2,15,17). The largest absolute Gasteiger partial charge is 0.368 e. The molecule has 0 aliphatic carbocycles. The van der Waals surface area contributed by atoms with Crippen LogP contribution in [0.1, 0.15) is 11.3 Å². The Morgan fingerprint density at radius 2 is 2.32 bits per heavy atom. The van der Waals surface area contributed by atoms with Crippen molar-refractivity contribution in [3.8, 4) is 0 Å². The molecule has 0 unspecified atom stereocenters. The van der Waals surface area contributed by atoms with E-state index in [0.29, 0.717) is 16.9 Å². The summed E-state index contributed by atoms with van der Waals surface area (Å²) in [4.78, 5) is 4.04. The Hall–Kier alpha value is -2.21. The number of nitrogen functional groups attached to an aromatic ring is 1. The first-order valence-corrected chi connectivity index (χ1v) is 6.54. The average Bonchev–Trinajstić information content (AvgIpc) is 2.93. The lowest BCUT2D eigenvalue weighted by Crippen LogP contribution is -1.97. The van der Waals surface area contributed by atoms with Crippen molar-refractivity contribution in [2.24, 2.45) is 5.10 Å². The molecule has 0 amide bonds. The number of anilines is 1. The van der Waals surface area contributed by atoms with Gasteiger partial charge in [-0.2, -0.15) is 5.10 Å². The van der Waals surface area contributed by atoms with Crippen molar-refractivity contribution in [3.63, 3.8) is 0 Å². The molecule has 2 N–H and O–H groups in total. The highest BCUT2D eigenvalue weighted by Gasteiger charge is 2.04. The van der Waals surface area contributed by atoms with E-state index in [-0.39, 0.29) is 5.82 Å². The fraction of sp³-hybridized carbons (Fsp3) is 0.0769. The van der Waals surface area contributed by atoms with Crippen LogP contribution in [0.15, 0.2) is 34.9 Å². The minimum Gasteiger partial charge on any atom is -0.368 e. The van der Waals surface area contributed by atoms with Crippen LogP contribution in [-0.2, 0) is 0 Å². The first-order chi connectivity index (χ1) is 9.13. The van der Waals surface area contributed by atoms with Gasteiger partial charge in [0.1, 0.15) is 5.82 Å². The summed E-state index contributed by atoms with van der Waals surface area (Å²) < 4.78 is 16.2. The summed E-state index contributed by atoms with van der Waals surface area (Å²) >= 11 is 1.50. The van der Waals surface area contributed by atoms with Crippen molar-refractivity contribution >= 4 is 33.6 Å². The van der Waals surface area contributed by atoms with Crippen LogP contribution in [-0.4, -0.2) is 15.9 Å². The minimum absolute atomic E-state index is 0.241. The van der Waals surface area contributed by atoms with E-state index in [1.807, 2.05) is 18.4 Å². The number of aromatic nitrogens is 2. The molecule has 2 heterocycles. The molecular formula is C13H11FN4S. The van der Waals surface area contributed by atoms with Crippen molar-refractivity contribution in [2.75, 3.05) is 5.73 Å². The average molecular weight is 274 g/mol. The molecule has 0 aliphatic heterocycles. The molecule has 0 spiro atoms. The lowest BCUT2D eigenvalue weighted by molar-refractivity contribution is 0.640. The Balaban J connectivity index is 1.98. The molecule has 3 rings (SSSR count). The number of benzene rings is 1. The van der Waals surface area contributed by atoms with Gasteiger partial charge in [0.25, 0.3) is 0 Å². The number of halogens is 1. The fourth-order valence-corrected chi connectivity index (χ4v) is 2.69. The van der Waals surface area contributed by atoms with E-state index in [4.69, 9.17) is 5.73 Å². The zero-order valence-corrected chi connectivity index (χ0v) is 11.0. The van der Waals surface area contributed by atoms with Gasteiger partial charge in [-0.15, -0.1) is 11.3 Å². The van der Waals surface area contributed by atoms with Gasteiger partial charge >= 0.3 is 0 Å². The third kappa shape index (κ3) is 2.22. The molecule has 0 fully saturated rings. The minimum atomic E-state index is -0.241. The number of rotatable bonds is 2. The number of imidazole rings is 1. The van der Waals surface area contributed by atoms with Crippen LogP contribution in [0.4, 0.5) is 10.3 Å². The topological polar surface area (TPSA) is 56.2 Å². The van der Waals surface area contributed by atoms with Crippen molar-refractivity contribution in [1.29, 1.82) is 0 Å². The fourth-order valence-electron chi connectivity index (χ4n) is 1.85. The van der Waals surface area contributed by atoms with E-state index in [0.717, 1.165) is 10.4 Å². The van der Waals surface area contributed by atoms with E-state index >= 15 is 0 Å². The van der Waals surface area contributed by atoms with Crippen molar-refractivity contribution < 1.29 is 4.39 Å². The summed E-state index contributed by atoms with van der Waals surface area (Å²) in [6, 6.07) is 5.12. The number of fused-ring (bicyclic) bond motifs is 1. The van der Waals surface area contributed by atoms with Gasteiger partial charge in [-0.3, -0.25) is 0 Å². The summed E-state index contributed by atoms with van der Waals surface area (Å²) in [7, 11) is 0. The van der Waals surface area contributed by atoms with Crippen molar-refractivity contribution in [2.45, 2.75) is 6.92 Å². The second-order valence-electron chi connectivity index (χ2n) is 4.16. The van der Waals surface area contributed by atoms with Crippen molar-refractivity contribution in [1.82, 2.24) is 9.66 Å². The number of aryl methyl sites for hydroxylation is 1. The number of nitrogens with zero attached hydrogens (tertiary/aromatic N) is 3. The highest BCUT2D eigenvalue weighted by atomic mass is 32.1. The SMILES string of the molecule is Cc1cn(N=Cc2cc(F)c3ccsc3c2)c(N)n1. The van der Waals surface area contributed by atoms with Gasteiger partial charge in [0.15, 0.2) is 0 Å². The predicted molar refractivity (Wildman–Crippen MR) is 76.2 cm³/mol. The molecule has 96 valence electrons. The van der Waals surface area contributed by atoms with Crippen LogP contribution >= 0.6 is 11.3 Å². The number of hydrogen-bond acceptors (Lipinski definition) is 4. The van der Waals surface area contributed by atoms with Gasteiger partial charge in [-0.25, -0.2) is 14.1 Å². The van der Waals surface area contributed by atoms with Crippen LogP contribution < -0.4 is 5.73 Å². The normalized spacial score (nSPS) is 11.7. The van der Waals surface area contributed by atoms with Gasteiger partial charge in [0.05, 0.1) is 18.1 Å². The van der Waals surface area contributed by atoms with Gasteiger partial charge in [-0.1, -0.05) is 0 Å². The number of thiophene rings is 1. The Morgan fingerprint density at radius 3 is 3.05 bits per heavy atom. The second kappa shape index (κ2) is 4.47. The third-order valence-electron chi connectivity index (χ3n) is 2.71. The smallest absolute Gasteiger partial charge is 0.221 e. The van der Waals surface area contributed by atoms with E-state index < -0.39 is 0 Å². The van der Waals surface area contributed by atoms with E-state index in [9.17, 15) is 4.39 Å². The molecule has 2 aromatic heterocycles. The summed E-state index contributed by atoms with van der Waals surface area (Å²) in [6.45, 7) is 1.83. The maximum absolute atomic E-state index is 13.8. The number of hydrogen-bond donors (Lipinski definition) is 1. The molecule has 6 heteroatoms. The lowest BCUT2D eigenvalue weighted by atomic mass is 10.2. The van der Waals surface area contributed by atoms with Gasteiger partial charge in [0.2, 0.25) is 5.95 Å². The molecule has 0 aliphatic rings. The van der Waals surface area contributed by atoms with E-state index in [2.05, 4.69) is 10.1 Å². The van der Waals surface area contributed by atoms with Crippen LogP contribution in [0.5, 0.6) is 0 Å². The zero-order valence-electron chi connectivity index (χ0n) is 10.2. The van der Waals surface area contributed by atoms with Crippen LogP contribution in [0.25, 0.3) is 10.1 Å². The van der Waals surface area contributed by atoms with Crippen LogP contribution in [0, 0.1) is 12.7 Å². The summed E-state index contributed by atoms with van der Waals surface area (Å²) in [5, 5.41) is 6.68.